The molecule has 2 aliphatic heterocycles. The van der Waals surface area contributed by atoms with Crippen LogP contribution in [0.15, 0.2) is 16.6 Å². The molecule has 0 atom stereocenters. The first-order valence-electron chi connectivity index (χ1n) is 7.91. The molecule has 0 spiro atoms. The van der Waals surface area contributed by atoms with E-state index < -0.39 is 0 Å². The van der Waals surface area contributed by atoms with Crippen LogP contribution in [-0.4, -0.2) is 56.8 Å². The van der Waals surface area contributed by atoms with Crippen LogP contribution in [0.25, 0.3) is 0 Å². The van der Waals surface area contributed by atoms with E-state index >= 15 is 0 Å². The Labute approximate surface area is 138 Å². The number of anilines is 1. The van der Waals surface area contributed by atoms with Crippen molar-refractivity contribution >= 4 is 22.4 Å². The van der Waals surface area contributed by atoms with E-state index in [1.54, 1.807) is 11.3 Å². The molecule has 2 aromatic heterocycles. The molecule has 9 heteroatoms. The molecule has 0 radical (unpaired) electrons. The molecule has 0 aromatic carbocycles. The highest BCUT2D eigenvalue weighted by molar-refractivity contribution is 7.13. The zero-order valence-electron chi connectivity index (χ0n) is 12.9. The Hall–Kier alpha value is -2.16. The Kier molecular flexibility index (Phi) is 3.86. The maximum atomic E-state index is 6.16. The standard InChI is InChI=1S/C14H20N8S/c15-13(17-10-12-19-18-11-2-1-4-22(11)12)20-5-7-21(8-6-20)14-16-3-9-23-14/h3,9H,1-2,4-8,10H2,(H2,15,17). The number of piperazine rings is 1. The summed E-state index contributed by atoms with van der Waals surface area (Å²) in [4.78, 5) is 13.3. The number of fused-ring (bicyclic) bond motifs is 1. The minimum Gasteiger partial charge on any atom is -0.370 e. The van der Waals surface area contributed by atoms with Gasteiger partial charge in [0.15, 0.2) is 16.9 Å². The van der Waals surface area contributed by atoms with Crippen molar-refractivity contribution in [2.45, 2.75) is 25.9 Å². The van der Waals surface area contributed by atoms with Gasteiger partial charge in [-0.05, 0) is 6.42 Å². The zero-order chi connectivity index (χ0) is 15.6. The number of hydrogen-bond acceptors (Lipinski definition) is 6. The maximum Gasteiger partial charge on any atom is 0.191 e. The van der Waals surface area contributed by atoms with Gasteiger partial charge in [0.25, 0.3) is 0 Å². The average molecular weight is 332 g/mol. The summed E-state index contributed by atoms with van der Waals surface area (Å²) < 4.78 is 2.16. The van der Waals surface area contributed by atoms with Gasteiger partial charge in [0.1, 0.15) is 12.4 Å². The van der Waals surface area contributed by atoms with Crippen molar-refractivity contribution in [3.8, 4) is 0 Å². The lowest BCUT2D eigenvalue weighted by atomic mass is 10.3. The molecule has 0 amide bonds. The molecule has 0 aliphatic carbocycles. The third kappa shape index (κ3) is 2.88. The Bertz CT molecular complexity index is 684. The van der Waals surface area contributed by atoms with Crippen LogP contribution in [0.2, 0.25) is 0 Å². The predicted molar refractivity (Wildman–Crippen MR) is 89.6 cm³/mol. The summed E-state index contributed by atoms with van der Waals surface area (Å²) in [5.74, 6) is 2.59. The highest BCUT2D eigenvalue weighted by Gasteiger charge is 2.20. The molecule has 2 aliphatic rings. The summed E-state index contributed by atoms with van der Waals surface area (Å²) in [7, 11) is 0. The van der Waals surface area contributed by atoms with E-state index in [0.29, 0.717) is 12.5 Å². The summed E-state index contributed by atoms with van der Waals surface area (Å²) in [5, 5.41) is 11.5. The molecule has 0 unspecified atom stereocenters. The first-order valence-corrected chi connectivity index (χ1v) is 8.79. The summed E-state index contributed by atoms with van der Waals surface area (Å²) in [6.45, 7) is 5.08. The molecular formula is C14H20N8S. The second-order valence-electron chi connectivity index (χ2n) is 5.75. The molecule has 8 nitrogen and oxygen atoms in total. The van der Waals surface area contributed by atoms with Crippen molar-refractivity contribution in [1.82, 2.24) is 24.6 Å². The fraction of sp³-hybridized carbons (Fsp3) is 0.571. The van der Waals surface area contributed by atoms with Gasteiger partial charge in [-0.1, -0.05) is 0 Å². The third-order valence-corrected chi connectivity index (χ3v) is 5.19. The summed E-state index contributed by atoms with van der Waals surface area (Å²) >= 11 is 1.68. The molecule has 2 N–H and O–H groups in total. The number of guanidine groups is 1. The Balaban J connectivity index is 1.35. The van der Waals surface area contributed by atoms with E-state index in [4.69, 9.17) is 5.73 Å². The van der Waals surface area contributed by atoms with E-state index in [1.165, 1.54) is 0 Å². The van der Waals surface area contributed by atoms with Gasteiger partial charge < -0.3 is 20.1 Å². The van der Waals surface area contributed by atoms with Crippen LogP contribution in [0, 0.1) is 0 Å². The Morgan fingerprint density at radius 3 is 2.87 bits per heavy atom. The van der Waals surface area contributed by atoms with Crippen molar-refractivity contribution in [1.29, 1.82) is 0 Å². The highest BCUT2D eigenvalue weighted by atomic mass is 32.1. The van der Waals surface area contributed by atoms with Crippen LogP contribution in [0.1, 0.15) is 18.1 Å². The molecule has 0 saturated carbocycles. The molecule has 122 valence electrons. The fourth-order valence-corrected chi connectivity index (χ4v) is 3.78. The van der Waals surface area contributed by atoms with Gasteiger partial charge in [0, 0.05) is 50.7 Å². The predicted octanol–water partition coefficient (Wildman–Crippen LogP) is 0.318. The molecular weight excluding hydrogens is 312 g/mol. The van der Waals surface area contributed by atoms with Crippen molar-refractivity contribution in [3.05, 3.63) is 23.2 Å². The van der Waals surface area contributed by atoms with E-state index in [-0.39, 0.29) is 0 Å². The number of rotatable bonds is 3. The Morgan fingerprint density at radius 2 is 2.09 bits per heavy atom. The second-order valence-corrected chi connectivity index (χ2v) is 6.62. The minimum absolute atomic E-state index is 0.505. The average Bonchev–Trinajstić information content (AvgIpc) is 3.31. The summed E-state index contributed by atoms with van der Waals surface area (Å²) in [5.41, 5.74) is 6.16. The first-order chi connectivity index (χ1) is 11.3. The monoisotopic (exact) mass is 332 g/mol. The number of thiazole rings is 1. The summed E-state index contributed by atoms with van der Waals surface area (Å²) in [6, 6.07) is 0. The SMILES string of the molecule is NC(=NCc1nnc2n1CCC2)N1CCN(c2nccs2)CC1. The van der Waals surface area contributed by atoms with E-state index in [9.17, 15) is 0 Å². The minimum atomic E-state index is 0.505. The summed E-state index contributed by atoms with van der Waals surface area (Å²) in [6.07, 6.45) is 4.01. The number of aromatic nitrogens is 4. The smallest absolute Gasteiger partial charge is 0.191 e. The van der Waals surface area contributed by atoms with E-state index in [2.05, 4.69) is 34.5 Å². The van der Waals surface area contributed by atoms with Crippen molar-refractivity contribution in [2.75, 3.05) is 31.1 Å². The van der Waals surface area contributed by atoms with Crippen molar-refractivity contribution in [3.63, 3.8) is 0 Å². The van der Waals surface area contributed by atoms with Crippen molar-refractivity contribution in [2.24, 2.45) is 10.7 Å². The van der Waals surface area contributed by atoms with Gasteiger partial charge in [-0.3, -0.25) is 0 Å². The molecule has 23 heavy (non-hydrogen) atoms. The fourth-order valence-electron chi connectivity index (χ4n) is 3.08. The third-order valence-electron chi connectivity index (χ3n) is 4.36. The highest BCUT2D eigenvalue weighted by Crippen LogP contribution is 2.19. The van der Waals surface area contributed by atoms with Crippen LogP contribution in [-0.2, 0) is 19.5 Å². The molecule has 4 rings (SSSR count). The van der Waals surface area contributed by atoms with Gasteiger partial charge in [-0.2, -0.15) is 0 Å². The molecule has 4 heterocycles. The number of aryl methyl sites for hydroxylation is 1. The van der Waals surface area contributed by atoms with Gasteiger partial charge in [-0.25, -0.2) is 9.98 Å². The van der Waals surface area contributed by atoms with E-state index in [0.717, 1.165) is 62.3 Å². The normalized spacial score (nSPS) is 18.5. The van der Waals surface area contributed by atoms with Gasteiger partial charge >= 0.3 is 0 Å². The van der Waals surface area contributed by atoms with Crippen LogP contribution in [0.5, 0.6) is 0 Å². The first kappa shape index (κ1) is 14.4. The van der Waals surface area contributed by atoms with Crippen LogP contribution in [0.4, 0.5) is 5.13 Å². The number of nitrogens with zero attached hydrogens (tertiary/aromatic N) is 7. The Morgan fingerprint density at radius 1 is 1.22 bits per heavy atom. The van der Waals surface area contributed by atoms with E-state index in [1.807, 2.05) is 11.6 Å². The number of hydrogen-bond donors (Lipinski definition) is 1. The van der Waals surface area contributed by atoms with Gasteiger partial charge in [-0.15, -0.1) is 21.5 Å². The molecule has 0 bridgehead atoms. The lowest BCUT2D eigenvalue weighted by molar-refractivity contribution is 0.380. The molecule has 2 aromatic rings. The van der Waals surface area contributed by atoms with Gasteiger partial charge in [0.2, 0.25) is 0 Å². The second kappa shape index (κ2) is 6.15. The van der Waals surface area contributed by atoms with Gasteiger partial charge in [0.05, 0.1) is 0 Å². The van der Waals surface area contributed by atoms with Crippen LogP contribution in [0.3, 0.4) is 0 Å². The maximum absolute atomic E-state index is 6.16. The zero-order valence-corrected chi connectivity index (χ0v) is 13.7. The molecule has 1 saturated heterocycles. The van der Waals surface area contributed by atoms with Crippen molar-refractivity contribution < 1.29 is 0 Å². The largest absolute Gasteiger partial charge is 0.370 e. The number of aliphatic imine (C=N–C) groups is 1. The number of nitrogens with two attached hydrogens (primary N) is 1. The quantitative estimate of drug-likeness (QED) is 0.643. The topological polar surface area (TPSA) is 88.5 Å². The van der Waals surface area contributed by atoms with Crippen LogP contribution < -0.4 is 10.6 Å². The lowest BCUT2D eigenvalue weighted by Gasteiger charge is -2.35. The van der Waals surface area contributed by atoms with Crippen LogP contribution >= 0.6 is 11.3 Å². The lowest BCUT2D eigenvalue weighted by Crippen LogP contribution is -2.51. The molecule has 1 fully saturated rings.